The summed E-state index contributed by atoms with van der Waals surface area (Å²) in [6.07, 6.45) is 4.52. The molecule has 0 saturated carbocycles. The van der Waals surface area contributed by atoms with Crippen molar-refractivity contribution in [3.8, 4) is 0 Å². The topological polar surface area (TPSA) is 103 Å². The predicted molar refractivity (Wildman–Crippen MR) is 149 cm³/mol. The highest BCUT2D eigenvalue weighted by molar-refractivity contribution is 6.04. The van der Waals surface area contributed by atoms with E-state index in [0.717, 1.165) is 38.0 Å². The van der Waals surface area contributed by atoms with Gasteiger partial charge in [-0.25, -0.2) is 14.2 Å². The minimum Gasteiger partial charge on any atom is -0.393 e. The van der Waals surface area contributed by atoms with Gasteiger partial charge in [-0.3, -0.25) is 14.3 Å². The molecule has 3 N–H and O–H groups in total. The van der Waals surface area contributed by atoms with Crippen LogP contribution in [-0.2, 0) is 6.54 Å². The third-order valence-corrected chi connectivity index (χ3v) is 7.10. The van der Waals surface area contributed by atoms with E-state index in [0.29, 0.717) is 33.7 Å². The Kier molecular flexibility index (Phi) is 7.58. The van der Waals surface area contributed by atoms with Crippen molar-refractivity contribution < 1.29 is 19.1 Å². The number of pyridine rings is 1. The molecule has 0 atom stereocenters. The first-order valence-electron chi connectivity index (χ1n) is 12.9. The molecule has 9 nitrogen and oxygen atoms in total. The summed E-state index contributed by atoms with van der Waals surface area (Å²) in [5.74, 6) is -0.442. The molecule has 3 heterocycles. The summed E-state index contributed by atoms with van der Waals surface area (Å²) >= 11 is 0. The molecule has 0 radical (unpaired) electrons. The first-order chi connectivity index (χ1) is 18.8. The molecule has 1 saturated heterocycles. The third kappa shape index (κ3) is 5.76. The molecule has 5 rings (SSSR count). The van der Waals surface area contributed by atoms with Gasteiger partial charge in [0.05, 0.1) is 17.3 Å². The Morgan fingerprint density at radius 2 is 1.85 bits per heavy atom. The number of nitrogens with one attached hydrogen (secondary N) is 2. The highest BCUT2D eigenvalue weighted by Crippen LogP contribution is 2.31. The van der Waals surface area contributed by atoms with Crippen molar-refractivity contribution in [1.29, 1.82) is 0 Å². The van der Waals surface area contributed by atoms with Crippen LogP contribution in [0.4, 0.5) is 26.4 Å². The zero-order valence-corrected chi connectivity index (χ0v) is 21.9. The fourth-order valence-corrected chi connectivity index (χ4v) is 4.82. The molecule has 202 valence electrons. The highest BCUT2D eigenvalue weighted by Gasteiger charge is 2.18. The molecule has 2 aromatic carbocycles. The van der Waals surface area contributed by atoms with E-state index in [1.54, 1.807) is 60.7 Å². The van der Waals surface area contributed by atoms with E-state index < -0.39 is 5.82 Å². The van der Waals surface area contributed by atoms with Gasteiger partial charge in [0.15, 0.2) is 0 Å². The van der Waals surface area contributed by atoms with Crippen LogP contribution in [0.5, 0.6) is 0 Å². The number of rotatable bonds is 6. The van der Waals surface area contributed by atoms with Crippen molar-refractivity contribution in [2.24, 2.45) is 0 Å². The minimum atomic E-state index is -0.489. The van der Waals surface area contributed by atoms with Crippen LogP contribution in [-0.4, -0.2) is 64.8 Å². The van der Waals surface area contributed by atoms with Crippen LogP contribution in [0.25, 0.3) is 10.9 Å². The van der Waals surface area contributed by atoms with Crippen LogP contribution in [0.1, 0.15) is 28.8 Å². The van der Waals surface area contributed by atoms with Crippen LogP contribution in [0.3, 0.4) is 0 Å². The van der Waals surface area contributed by atoms with Gasteiger partial charge in [-0.05, 0) is 48.7 Å². The number of carbonyl (C=O) groups excluding carboxylic acids is 2. The number of likely N-dealkylation sites (tertiary alicyclic amines) is 1. The van der Waals surface area contributed by atoms with Gasteiger partial charge < -0.3 is 20.6 Å². The van der Waals surface area contributed by atoms with E-state index in [9.17, 15) is 14.7 Å². The van der Waals surface area contributed by atoms with Gasteiger partial charge in [-0.15, -0.1) is 0 Å². The van der Waals surface area contributed by atoms with E-state index in [2.05, 4.69) is 20.5 Å². The lowest BCUT2D eigenvalue weighted by Gasteiger charge is -2.29. The summed E-state index contributed by atoms with van der Waals surface area (Å²) in [5, 5.41) is 15.8. The van der Waals surface area contributed by atoms with Crippen LogP contribution in [0.2, 0.25) is 0 Å². The lowest BCUT2D eigenvalue weighted by atomic mass is 10.1. The first kappa shape index (κ1) is 26.3. The van der Waals surface area contributed by atoms with E-state index in [1.165, 1.54) is 17.7 Å². The molecule has 39 heavy (non-hydrogen) atoms. The van der Waals surface area contributed by atoms with Gasteiger partial charge >= 0.3 is 6.03 Å². The Balaban J connectivity index is 1.27. The summed E-state index contributed by atoms with van der Waals surface area (Å²) in [7, 11) is 3.24. The second-order valence-electron chi connectivity index (χ2n) is 9.72. The van der Waals surface area contributed by atoms with Crippen molar-refractivity contribution in [2.75, 3.05) is 37.4 Å². The number of halogens is 1. The average molecular weight is 531 g/mol. The van der Waals surface area contributed by atoms with Crippen molar-refractivity contribution in [2.45, 2.75) is 25.5 Å². The minimum absolute atomic E-state index is 0.204. The zero-order chi connectivity index (χ0) is 27.5. The maximum atomic E-state index is 15.1. The molecule has 2 aromatic heterocycles. The fourth-order valence-electron chi connectivity index (χ4n) is 4.82. The molecule has 1 aliphatic heterocycles. The fraction of sp³-hybridized carbons (Fsp3) is 0.276. The van der Waals surface area contributed by atoms with Gasteiger partial charge in [0.25, 0.3) is 5.91 Å². The Morgan fingerprint density at radius 3 is 2.56 bits per heavy atom. The predicted octanol–water partition coefficient (Wildman–Crippen LogP) is 4.34. The van der Waals surface area contributed by atoms with Gasteiger partial charge in [-0.2, -0.15) is 0 Å². The number of nitrogens with zero attached hydrogens (tertiary/aromatic N) is 4. The summed E-state index contributed by atoms with van der Waals surface area (Å²) in [5.41, 5.74) is 3.03. The number of fused-ring (bicyclic) bond motifs is 1. The molecule has 0 spiro atoms. The largest absolute Gasteiger partial charge is 0.393 e. The quantitative estimate of drug-likeness (QED) is 0.343. The standard InChI is InChI=1S/C29H31FN6O3/c1-31-29(39)36-14-8-21-15-26(24(30)17-25(21)36)34(2)22-7-11-32-27(16-22)33-28(38)20-5-3-19(4-6-20)18-35-12-9-23(37)10-13-35/h3-8,11,14-17,23,37H,9-10,12-13,18H2,1-2H3,(H,31,39)(H,32,33,38). The highest BCUT2D eigenvalue weighted by atomic mass is 19.1. The van der Waals surface area contributed by atoms with Gasteiger partial charge in [-0.1, -0.05) is 12.1 Å². The number of amides is 2. The number of aliphatic hydroxyl groups is 1. The smallest absolute Gasteiger partial charge is 0.325 e. The number of anilines is 3. The number of hydrogen-bond donors (Lipinski definition) is 3. The summed E-state index contributed by atoms with van der Waals surface area (Å²) < 4.78 is 16.5. The summed E-state index contributed by atoms with van der Waals surface area (Å²) in [6.45, 7) is 2.50. The molecule has 2 amide bonds. The molecular weight excluding hydrogens is 499 g/mol. The van der Waals surface area contributed by atoms with E-state index in [1.807, 2.05) is 12.1 Å². The van der Waals surface area contributed by atoms with Gasteiger partial charge in [0.2, 0.25) is 0 Å². The monoisotopic (exact) mass is 530 g/mol. The molecule has 1 aliphatic rings. The van der Waals surface area contributed by atoms with E-state index >= 15 is 4.39 Å². The number of hydrogen-bond acceptors (Lipinski definition) is 6. The third-order valence-electron chi connectivity index (χ3n) is 7.10. The Labute approximate surface area is 225 Å². The second-order valence-corrected chi connectivity index (χ2v) is 9.72. The molecule has 4 aromatic rings. The van der Waals surface area contributed by atoms with Crippen LogP contribution < -0.4 is 15.5 Å². The number of aliphatic hydroxyl groups excluding tert-OH is 1. The molecule has 0 bridgehead atoms. The number of aromatic nitrogens is 2. The van der Waals surface area contributed by atoms with Crippen molar-refractivity contribution >= 4 is 40.0 Å². The van der Waals surface area contributed by atoms with Crippen molar-refractivity contribution in [3.63, 3.8) is 0 Å². The number of carbonyl (C=O) groups is 2. The normalized spacial score (nSPS) is 14.4. The molecule has 1 fully saturated rings. The zero-order valence-electron chi connectivity index (χ0n) is 21.9. The number of piperidine rings is 1. The molecule has 10 heteroatoms. The SMILES string of the molecule is CNC(=O)n1ccc2cc(N(C)c3ccnc(NC(=O)c4ccc(CN5CCC(O)CC5)cc4)c3)c(F)cc21. The average Bonchev–Trinajstić information content (AvgIpc) is 3.36. The Morgan fingerprint density at radius 1 is 1.10 bits per heavy atom. The maximum absolute atomic E-state index is 15.1. The van der Waals surface area contributed by atoms with Crippen LogP contribution in [0.15, 0.2) is 67.0 Å². The Bertz CT molecular complexity index is 1490. The molecule has 0 unspecified atom stereocenters. The lowest BCUT2D eigenvalue weighted by molar-refractivity contribution is 0.0792. The van der Waals surface area contributed by atoms with Crippen molar-refractivity contribution in [1.82, 2.24) is 19.8 Å². The van der Waals surface area contributed by atoms with Gasteiger partial charge in [0, 0.05) is 74.9 Å². The lowest BCUT2D eigenvalue weighted by Crippen LogP contribution is -2.35. The first-order valence-corrected chi connectivity index (χ1v) is 12.9. The van der Waals surface area contributed by atoms with E-state index in [4.69, 9.17) is 0 Å². The number of benzene rings is 2. The van der Waals surface area contributed by atoms with Crippen molar-refractivity contribution in [3.05, 3.63) is 83.9 Å². The van der Waals surface area contributed by atoms with Gasteiger partial charge in [0.1, 0.15) is 11.6 Å². The Hall–Kier alpha value is -4.28. The summed E-state index contributed by atoms with van der Waals surface area (Å²) in [4.78, 5) is 33.2. The maximum Gasteiger partial charge on any atom is 0.325 e. The van der Waals surface area contributed by atoms with Crippen LogP contribution >= 0.6 is 0 Å². The van der Waals surface area contributed by atoms with Crippen LogP contribution in [0, 0.1) is 5.82 Å². The second kappa shape index (κ2) is 11.2. The van der Waals surface area contributed by atoms with E-state index in [-0.39, 0.29) is 18.0 Å². The molecule has 0 aliphatic carbocycles. The molecular formula is C29H31FN6O3. The summed E-state index contributed by atoms with van der Waals surface area (Å²) in [6, 6.07) is 15.3.